The van der Waals surface area contributed by atoms with Crippen molar-refractivity contribution in [2.75, 3.05) is 6.67 Å². The molecule has 1 aromatic rings. The first-order chi connectivity index (χ1) is 7.57. The van der Waals surface area contributed by atoms with Crippen LogP contribution in [0.15, 0.2) is 12.1 Å². The van der Waals surface area contributed by atoms with Gasteiger partial charge in [-0.25, -0.2) is 4.79 Å². The van der Waals surface area contributed by atoms with Crippen LogP contribution in [-0.2, 0) is 6.42 Å². The second-order valence-electron chi connectivity index (χ2n) is 3.42. The van der Waals surface area contributed by atoms with Crippen LogP contribution in [-0.4, -0.2) is 28.0 Å². The molecule has 0 saturated heterocycles. The molecule has 0 atom stereocenters. The normalized spacial score (nSPS) is 10.3. The van der Waals surface area contributed by atoms with Crippen molar-refractivity contribution >= 4 is 5.97 Å². The fourth-order valence-corrected chi connectivity index (χ4v) is 1.48. The Labute approximate surface area is 92.0 Å². The number of carboxylic acid groups (broad SMARTS) is 1. The summed E-state index contributed by atoms with van der Waals surface area (Å²) in [6.07, 6.45) is 1.21. The van der Waals surface area contributed by atoms with E-state index in [1.165, 1.54) is 12.1 Å². The summed E-state index contributed by atoms with van der Waals surface area (Å²) in [6.45, 7) is -0.452. The van der Waals surface area contributed by atoms with E-state index in [4.69, 9.17) is 5.11 Å². The molecule has 4 nitrogen and oxygen atoms in total. The molecule has 0 aliphatic rings. The Morgan fingerprint density at radius 1 is 1.25 bits per heavy atom. The number of carboxylic acids is 1. The van der Waals surface area contributed by atoms with E-state index in [1.807, 2.05) is 0 Å². The molecule has 0 bridgehead atoms. The number of rotatable bonds is 5. The first-order valence-electron chi connectivity index (χ1n) is 4.91. The van der Waals surface area contributed by atoms with Gasteiger partial charge in [0.25, 0.3) is 0 Å². The molecule has 0 spiro atoms. The minimum Gasteiger partial charge on any atom is -0.504 e. The van der Waals surface area contributed by atoms with E-state index in [-0.39, 0.29) is 5.56 Å². The molecule has 0 fully saturated rings. The summed E-state index contributed by atoms with van der Waals surface area (Å²) in [5.41, 5.74) is 0.0927. The SMILES string of the molecule is O=C(O)c1c(CCCCF)ccc(O)c1O. The standard InChI is InChI=1S/C11H13FO4/c12-6-2-1-3-7-4-5-8(13)10(14)9(7)11(15)16/h4-5,13-14H,1-3,6H2,(H,15,16). The minimum atomic E-state index is -1.30. The van der Waals surface area contributed by atoms with Gasteiger partial charge in [-0.15, -0.1) is 0 Å². The zero-order valence-electron chi connectivity index (χ0n) is 8.61. The Balaban J connectivity index is 2.99. The molecule has 5 heteroatoms. The van der Waals surface area contributed by atoms with Crippen molar-refractivity contribution < 1.29 is 24.5 Å². The number of phenolic OH excluding ortho intramolecular Hbond substituents is 1. The number of halogens is 1. The third-order valence-corrected chi connectivity index (χ3v) is 2.29. The fourth-order valence-electron chi connectivity index (χ4n) is 1.48. The maximum atomic E-state index is 11.9. The first kappa shape index (κ1) is 12.3. The monoisotopic (exact) mass is 228 g/mol. The van der Waals surface area contributed by atoms with Crippen molar-refractivity contribution in [2.24, 2.45) is 0 Å². The molecule has 1 rings (SSSR count). The molecule has 0 heterocycles. The fraction of sp³-hybridized carbons (Fsp3) is 0.364. The van der Waals surface area contributed by atoms with Crippen molar-refractivity contribution in [3.8, 4) is 11.5 Å². The summed E-state index contributed by atoms with van der Waals surface area (Å²) in [4.78, 5) is 10.9. The maximum absolute atomic E-state index is 11.9. The number of carbonyl (C=O) groups is 1. The molecule has 0 aliphatic carbocycles. The number of aromatic hydroxyl groups is 2. The smallest absolute Gasteiger partial charge is 0.339 e. The average molecular weight is 228 g/mol. The lowest BCUT2D eigenvalue weighted by Gasteiger charge is -2.08. The number of phenols is 2. The second kappa shape index (κ2) is 5.34. The van der Waals surface area contributed by atoms with Gasteiger partial charge in [-0.05, 0) is 30.9 Å². The van der Waals surface area contributed by atoms with E-state index >= 15 is 0 Å². The van der Waals surface area contributed by atoms with Crippen molar-refractivity contribution in [2.45, 2.75) is 19.3 Å². The van der Waals surface area contributed by atoms with Crippen LogP contribution in [0, 0.1) is 0 Å². The quantitative estimate of drug-likeness (QED) is 0.532. The molecule has 0 unspecified atom stereocenters. The lowest BCUT2D eigenvalue weighted by Crippen LogP contribution is -2.03. The van der Waals surface area contributed by atoms with E-state index in [0.717, 1.165) is 0 Å². The summed E-state index contributed by atoms with van der Waals surface area (Å²) < 4.78 is 11.9. The number of unbranched alkanes of at least 4 members (excludes halogenated alkanes) is 1. The van der Waals surface area contributed by atoms with Crippen LogP contribution in [0.1, 0.15) is 28.8 Å². The minimum absolute atomic E-state index is 0.307. The lowest BCUT2D eigenvalue weighted by atomic mass is 10.0. The molecule has 16 heavy (non-hydrogen) atoms. The van der Waals surface area contributed by atoms with Crippen LogP contribution in [0.2, 0.25) is 0 Å². The summed E-state index contributed by atoms with van der Waals surface area (Å²) in [5, 5.41) is 27.5. The number of benzene rings is 1. The second-order valence-corrected chi connectivity index (χ2v) is 3.42. The number of aryl methyl sites for hydroxylation is 1. The van der Waals surface area contributed by atoms with E-state index in [1.54, 1.807) is 0 Å². The lowest BCUT2D eigenvalue weighted by molar-refractivity contribution is 0.0691. The first-order valence-corrected chi connectivity index (χ1v) is 4.91. The van der Waals surface area contributed by atoms with Crippen LogP contribution in [0.5, 0.6) is 11.5 Å². The highest BCUT2D eigenvalue weighted by Gasteiger charge is 2.18. The number of hydrogen-bond acceptors (Lipinski definition) is 3. The summed E-state index contributed by atoms with van der Waals surface area (Å²) in [6, 6.07) is 2.66. The van der Waals surface area contributed by atoms with Crippen LogP contribution < -0.4 is 0 Å². The third kappa shape index (κ3) is 2.62. The van der Waals surface area contributed by atoms with Crippen molar-refractivity contribution in [1.82, 2.24) is 0 Å². The Morgan fingerprint density at radius 3 is 2.50 bits per heavy atom. The molecule has 0 aliphatic heterocycles. The van der Waals surface area contributed by atoms with E-state index in [2.05, 4.69) is 0 Å². The zero-order chi connectivity index (χ0) is 12.1. The van der Waals surface area contributed by atoms with Gasteiger partial charge in [0.05, 0.1) is 6.67 Å². The Kier molecular flexibility index (Phi) is 4.10. The van der Waals surface area contributed by atoms with Crippen LogP contribution in [0.3, 0.4) is 0 Å². The van der Waals surface area contributed by atoms with Gasteiger partial charge < -0.3 is 15.3 Å². The van der Waals surface area contributed by atoms with Crippen molar-refractivity contribution in [3.63, 3.8) is 0 Å². The molecule has 3 N–H and O–H groups in total. The van der Waals surface area contributed by atoms with Gasteiger partial charge in [0.2, 0.25) is 0 Å². The maximum Gasteiger partial charge on any atom is 0.339 e. The van der Waals surface area contributed by atoms with Gasteiger partial charge in [0.1, 0.15) is 5.56 Å². The van der Waals surface area contributed by atoms with Gasteiger partial charge in [-0.2, -0.15) is 0 Å². The van der Waals surface area contributed by atoms with Crippen LogP contribution in [0.25, 0.3) is 0 Å². The van der Waals surface area contributed by atoms with Crippen molar-refractivity contribution in [1.29, 1.82) is 0 Å². The third-order valence-electron chi connectivity index (χ3n) is 2.29. The predicted octanol–water partition coefficient (Wildman–Crippen LogP) is 2.09. The average Bonchev–Trinajstić information content (AvgIpc) is 2.23. The molecule has 0 saturated carbocycles. The highest BCUT2D eigenvalue weighted by atomic mass is 19.1. The van der Waals surface area contributed by atoms with E-state index in [0.29, 0.717) is 24.8 Å². The topological polar surface area (TPSA) is 77.8 Å². The molecular weight excluding hydrogens is 215 g/mol. The van der Waals surface area contributed by atoms with Crippen LogP contribution >= 0.6 is 0 Å². The molecule has 88 valence electrons. The summed E-state index contributed by atoms with van der Waals surface area (Å²) in [7, 11) is 0. The molecule has 0 radical (unpaired) electrons. The van der Waals surface area contributed by atoms with Gasteiger partial charge >= 0.3 is 5.97 Å². The largest absolute Gasteiger partial charge is 0.504 e. The van der Waals surface area contributed by atoms with Gasteiger partial charge in [0.15, 0.2) is 11.5 Å². The highest BCUT2D eigenvalue weighted by Crippen LogP contribution is 2.32. The van der Waals surface area contributed by atoms with Crippen LogP contribution in [0.4, 0.5) is 4.39 Å². The molecule has 0 aromatic heterocycles. The Hall–Kier alpha value is -1.78. The zero-order valence-corrected chi connectivity index (χ0v) is 8.61. The predicted molar refractivity (Wildman–Crippen MR) is 55.6 cm³/mol. The summed E-state index contributed by atoms with van der Waals surface area (Å²) >= 11 is 0. The Bertz CT molecular complexity index is 390. The molecule has 0 amide bonds. The van der Waals surface area contributed by atoms with Gasteiger partial charge in [-0.1, -0.05) is 6.07 Å². The van der Waals surface area contributed by atoms with E-state index < -0.39 is 24.1 Å². The molecule has 1 aromatic carbocycles. The number of aromatic carboxylic acids is 1. The van der Waals surface area contributed by atoms with Gasteiger partial charge in [-0.3, -0.25) is 4.39 Å². The number of alkyl halides is 1. The number of hydrogen-bond donors (Lipinski definition) is 3. The highest BCUT2D eigenvalue weighted by molar-refractivity contribution is 5.93. The summed E-state index contributed by atoms with van der Waals surface area (Å²) in [5.74, 6) is -2.40. The van der Waals surface area contributed by atoms with Crippen molar-refractivity contribution in [3.05, 3.63) is 23.3 Å². The van der Waals surface area contributed by atoms with E-state index in [9.17, 15) is 19.4 Å². The Morgan fingerprint density at radius 2 is 1.94 bits per heavy atom. The molecular formula is C11H13FO4. The van der Waals surface area contributed by atoms with Gasteiger partial charge in [0, 0.05) is 0 Å².